The number of aromatic nitrogens is 4. The lowest BCUT2D eigenvalue weighted by atomic mass is 10.1. The molecule has 2 atom stereocenters. The number of benzene rings is 2. The van der Waals surface area contributed by atoms with Crippen LogP contribution in [0.3, 0.4) is 0 Å². The van der Waals surface area contributed by atoms with Crippen LogP contribution in [0.25, 0.3) is 22.3 Å². The number of ether oxygens (including phenoxy) is 1. The maximum atomic E-state index is 15.2. The van der Waals surface area contributed by atoms with Crippen LogP contribution in [0.5, 0.6) is 11.5 Å². The minimum Gasteiger partial charge on any atom is -0.457 e. The number of fused-ring (bicyclic) bond motifs is 1. The highest BCUT2D eigenvalue weighted by Gasteiger charge is 2.30. The summed E-state index contributed by atoms with van der Waals surface area (Å²) < 4.78 is 35.9. The molecule has 3 heterocycles. The van der Waals surface area contributed by atoms with Crippen molar-refractivity contribution >= 4 is 31.3 Å². The van der Waals surface area contributed by atoms with Crippen LogP contribution in [-0.4, -0.2) is 43.4 Å². The maximum absolute atomic E-state index is 15.2. The molecule has 172 valence electrons. The van der Waals surface area contributed by atoms with Gasteiger partial charge in [0.05, 0.1) is 11.2 Å². The molecule has 1 fully saturated rings. The Labute approximate surface area is 194 Å². The second-order valence-corrected chi connectivity index (χ2v) is 8.99. The van der Waals surface area contributed by atoms with E-state index in [1.807, 2.05) is 0 Å². The van der Waals surface area contributed by atoms with E-state index in [2.05, 4.69) is 21.6 Å². The molecule has 2 N–H and O–H groups in total. The molecule has 34 heavy (non-hydrogen) atoms. The Kier molecular flexibility index (Phi) is 5.67. The molecule has 1 amide bonds. The van der Waals surface area contributed by atoms with E-state index in [1.165, 1.54) is 42.7 Å². The molecule has 1 aliphatic heterocycles. The highest BCUT2D eigenvalue weighted by Crippen LogP contribution is 2.42. The molecule has 0 radical (unpaired) electrons. The average molecular weight is 480 g/mol. The van der Waals surface area contributed by atoms with Crippen LogP contribution in [0, 0.1) is 11.6 Å². The van der Waals surface area contributed by atoms with Gasteiger partial charge in [0.2, 0.25) is 5.91 Å². The topological polar surface area (TPSA) is 99.2 Å². The minimum absolute atomic E-state index is 0.131. The van der Waals surface area contributed by atoms with Gasteiger partial charge in [0.25, 0.3) is 0 Å². The molecule has 2 aromatic carbocycles. The molecule has 1 saturated heterocycles. The summed E-state index contributed by atoms with van der Waals surface area (Å²) in [5.74, 6) is -0.708. The molecule has 5 rings (SSSR count). The lowest BCUT2D eigenvalue weighted by Crippen LogP contribution is -2.27. The first-order chi connectivity index (χ1) is 16.4. The van der Waals surface area contributed by atoms with E-state index < -0.39 is 11.6 Å². The highest BCUT2D eigenvalue weighted by atomic mass is 31.1. The second-order valence-electron chi connectivity index (χ2n) is 7.59. The molecule has 4 aromatic rings. The van der Waals surface area contributed by atoms with E-state index in [9.17, 15) is 9.18 Å². The van der Waals surface area contributed by atoms with E-state index in [-0.39, 0.29) is 34.6 Å². The molecule has 0 saturated carbocycles. The number of amides is 1. The fourth-order valence-electron chi connectivity index (χ4n) is 3.83. The molecule has 2 aromatic heterocycles. The number of nitrogens with zero attached hydrogens (tertiary/aromatic N) is 5. The highest BCUT2D eigenvalue weighted by molar-refractivity contribution is 7.38. The monoisotopic (exact) mass is 480 g/mol. The van der Waals surface area contributed by atoms with Crippen LogP contribution in [-0.2, 0) is 4.79 Å². The van der Waals surface area contributed by atoms with Crippen molar-refractivity contribution in [3.05, 3.63) is 73.1 Å². The smallest absolute Gasteiger partial charge is 0.246 e. The zero-order chi connectivity index (χ0) is 23.8. The predicted octanol–water partition coefficient (Wildman–Crippen LogP) is 4.31. The van der Waals surface area contributed by atoms with Gasteiger partial charge in [0, 0.05) is 30.5 Å². The summed E-state index contributed by atoms with van der Waals surface area (Å²) in [5, 5.41) is 5.08. The molecule has 8 nitrogen and oxygen atoms in total. The summed E-state index contributed by atoms with van der Waals surface area (Å²) in [6.45, 7) is 3.97. The first-order valence-electron chi connectivity index (χ1n) is 10.3. The zero-order valence-electron chi connectivity index (χ0n) is 17.8. The number of rotatable bonds is 5. The summed E-state index contributed by atoms with van der Waals surface area (Å²) in [4.78, 5) is 22.1. The van der Waals surface area contributed by atoms with Crippen molar-refractivity contribution in [2.45, 2.75) is 5.78 Å². The maximum Gasteiger partial charge on any atom is 0.246 e. The fourth-order valence-corrected chi connectivity index (χ4v) is 5.25. The van der Waals surface area contributed by atoms with E-state index in [0.717, 1.165) is 0 Å². The first-order valence-corrected chi connectivity index (χ1v) is 11.6. The number of hydrogen-bond acceptors (Lipinski definition) is 6. The number of anilines is 1. The van der Waals surface area contributed by atoms with Gasteiger partial charge in [-0.2, -0.15) is 5.10 Å². The normalized spacial score (nSPS) is 16.3. The zero-order valence-corrected chi connectivity index (χ0v) is 18.8. The largest absolute Gasteiger partial charge is 0.457 e. The lowest BCUT2D eigenvalue weighted by molar-refractivity contribution is -0.124. The number of halogens is 2. The summed E-state index contributed by atoms with van der Waals surface area (Å²) in [6.07, 6.45) is 3.19. The SMILES string of the molecule is C=CC(=O)N1CP[C@@H](n2nc(-c3ccc(Oc4cccc(F)c4)cc3F)c3c(N)ncnc32)C1. The third-order valence-corrected chi connectivity index (χ3v) is 6.90. The van der Waals surface area contributed by atoms with Crippen LogP contribution in [0.4, 0.5) is 14.6 Å². The van der Waals surface area contributed by atoms with E-state index in [0.29, 0.717) is 38.1 Å². The van der Waals surface area contributed by atoms with Crippen LogP contribution in [0.2, 0.25) is 0 Å². The minimum atomic E-state index is -0.596. The van der Waals surface area contributed by atoms with Crippen molar-refractivity contribution in [3.63, 3.8) is 0 Å². The summed E-state index contributed by atoms with van der Waals surface area (Å²) >= 11 is 0. The van der Waals surface area contributed by atoms with Gasteiger partial charge in [-0.05, 0) is 30.3 Å². The Morgan fingerprint density at radius 1 is 1.21 bits per heavy atom. The average Bonchev–Trinajstić information content (AvgIpc) is 3.45. The van der Waals surface area contributed by atoms with Gasteiger partial charge < -0.3 is 15.4 Å². The van der Waals surface area contributed by atoms with E-state index >= 15 is 4.39 Å². The first kappa shape index (κ1) is 21.9. The number of carbonyl (C=O) groups is 1. The molecular weight excluding hydrogens is 461 g/mol. The quantitative estimate of drug-likeness (QED) is 0.338. The Bertz CT molecular complexity index is 1430. The second kappa shape index (κ2) is 8.79. The molecule has 11 heteroatoms. The number of hydrogen-bond donors (Lipinski definition) is 1. The fraction of sp³-hybridized carbons (Fsp3) is 0.130. The van der Waals surface area contributed by atoms with Crippen molar-refractivity contribution in [2.24, 2.45) is 0 Å². The van der Waals surface area contributed by atoms with Gasteiger partial charge in [0.15, 0.2) is 5.65 Å². The Hall–Kier alpha value is -3.91. The molecule has 0 spiro atoms. The van der Waals surface area contributed by atoms with Crippen LogP contribution in [0.15, 0.2) is 61.4 Å². The molecule has 0 aliphatic carbocycles. The lowest BCUT2D eigenvalue weighted by Gasteiger charge is -2.14. The number of carbonyl (C=O) groups excluding carboxylic acids is 1. The number of nitrogens with two attached hydrogens (primary N) is 1. The Morgan fingerprint density at radius 3 is 2.79 bits per heavy atom. The van der Waals surface area contributed by atoms with Gasteiger partial charge >= 0.3 is 0 Å². The summed E-state index contributed by atoms with van der Waals surface area (Å²) in [7, 11) is 0.375. The van der Waals surface area contributed by atoms with Crippen molar-refractivity contribution in [2.75, 3.05) is 18.6 Å². The third kappa shape index (κ3) is 3.97. The van der Waals surface area contributed by atoms with Gasteiger partial charge in [-0.3, -0.25) is 4.79 Å². The van der Waals surface area contributed by atoms with Gasteiger partial charge in [-0.15, -0.1) is 0 Å². The molecule has 0 bridgehead atoms. The molecule has 1 unspecified atom stereocenters. The predicted molar refractivity (Wildman–Crippen MR) is 126 cm³/mol. The van der Waals surface area contributed by atoms with Gasteiger partial charge in [-0.25, -0.2) is 23.4 Å². The van der Waals surface area contributed by atoms with Crippen molar-refractivity contribution < 1.29 is 18.3 Å². The van der Waals surface area contributed by atoms with E-state index in [4.69, 9.17) is 10.5 Å². The third-order valence-electron chi connectivity index (χ3n) is 5.44. The van der Waals surface area contributed by atoms with Gasteiger partial charge in [0.1, 0.15) is 41.0 Å². The Balaban J connectivity index is 1.53. The summed E-state index contributed by atoms with van der Waals surface area (Å²) in [6, 6.07) is 9.87. The Morgan fingerprint density at radius 2 is 2.03 bits per heavy atom. The van der Waals surface area contributed by atoms with Crippen LogP contribution >= 0.6 is 8.58 Å². The van der Waals surface area contributed by atoms with E-state index in [1.54, 1.807) is 21.7 Å². The molecule has 1 aliphatic rings. The van der Waals surface area contributed by atoms with Crippen molar-refractivity contribution in [3.8, 4) is 22.8 Å². The summed E-state index contributed by atoms with van der Waals surface area (Å²) in [5.41, 5.74) is 7.09. The number of nitrogen functional groups attached to an aromatic ring is 1. The molecular formula is C23H19F2N6O2P. The van der Waals surface area contributed by atoms with Crippen molar-refractivity contribution in [1.82, 2.24) is 24.6 Å². The van der Waals surface area contributed by atoms with Crippen molar-refractivity contribution in [1.29, 1.82) is 0 Å². The van der Waals surface area contributed by atoms with Crippen LogP contribution in [0.1, 0.15) is 5.78 Å². The van der Waals surface area contributed by atoms with Gasteiger partial charge in [-0.1, -0.05) is 21.2 Å². The standard InChI is InChI=1S/C23H19F2N6O2P/c1-2-18(32)30-10-19(34-12-30)31-23-20(22(26)27-11-28-23)21(29-31)16-7-6-15(9-17(16)25)33-14-5-3-4-13(24)8-14/h2-9,11,19,34H,1,10,12H2,(H2,26,27,28)/t19-/m1/s1. The van der Waals surface area contributed by atoms with Crippen LogP contribution < -0.4 is 10.5 Å².